The molecule has 2 amide bonds. The Morgan fingerprint density at radius 3 is 2.00 bits per heavy atom. The van der Waals surface area contributed by atoms with Crippen LogP contribution in [0, 0.1) is 11.3 Å². The van der Waals surface area contributed by atoms with E-state index in [1.54, 1.807) is 0 Å². The Kier molecular flexibility index (Phi) is 8.55. The van der Waals surface area contributed by atoms with Crippen molar-refractivity contribution in [3.05, 3.63) is 0 Å². The topological polar surface area (TPSA) is 61.4 Å². The summed E-state index contributed by atoms with van der Waals surface area (Å²) in [4.78, 5) is 26.6. The molecule has 1 atom stereocenters. The van der Waals surface area contributed by atoms with Crippen molar-refractivity contribution in [2.24, 2.45) is 11.3 Å². The van der Waals surface area contributed by atoms with Crippen molar-refractivity contribution in [2.75, 3.05) is 26.2 Å². The van der Waals surface area contributed by atoms with Crippen molar-refractivity contribution in [1.29, 1.82) is 0 Å². The molecule has 0 aromatic carbocycles. The first-order valence-electron chi connectivity index (χ1n) is 7.94. The highest BCUT2D eigenvalue weighted by Gasteiger charge is 2.29. The molecular formula is C16H33N3O2. The monoisotopic (exact) mass is 299 g/mol. The lowest BCUT2D eigenvalue weighted by atomic mass is 9.93. The summed E-state index contributed by atoms with van der Waals surface area (Å²) in [6.07, 6.45) is 0. The Hall–Kier alpha value is -1.10. The molecule has 0 saturated carbocycles. The van der Waals surface area contributed by atoms with Crippen molar-refractivity contribution in [2.45, 2.75) is 54.5 Å². The molecule has 0 spiro atoms. The van der Waals surface area contributed by atoms with Crippen molar-refractivity contribution in [3.8, 4) is 0 Å². The van der Waals surface area contributed by atoms with Crippen LogP contribution in [-0.2, 0) is 9.59 Å². The zero-order valence-electron chi connectivity index (χ0n) is 14.7. The van der Waals surface area contributed by atoms with Crippen LogP contribution in [0.3, 0.4) is 0 Å². The maximum atomic E-state index is 12.3. The second kappa shape index (κ2) is 9.03. The molecule has 0 saturated heterocycles. The first-order valence-corrected chi connectivity index (χ1v) is 7.94. The van der Waals surface area contributed by atoms with Crippen LogP contribution in [0.5, 0.6) is 0 Å². The molecule has 0 aromatic rings. The molecule has 0 aliphatic carbocycles. The Balaban J connectivity index is 4.47. The van der Waals surface area contributed by atoms with Crippen LogP contribution in [0.4, 0.5) is 0 Å². The Morgan fingerprint density at radius 2 is 1.62 bits per heavy atom. The molecule has 0 aliphatic rings. The molecule has 5 heteroatoms. The summed E-state index contributed by atoms with van der Waals surface area (Å²) in [5, 5.41) is 5.78. The van der Waals surface area contributed by atoms with Gasteiger partial charge in [0.15, 0.2) is 0 Å². The first kappa shape index (κ1) is 19.9. The molecule has 0 aliphatic heterocycles. The Morgan fingerprint density at radius 1 is 1.10 bits per heavy atom. The fourth-order valence-electron chi connectivity index (χ4n) is 1.88. The summed E-state index contributed by atoms with van der Waals surface area (Å²) < 4.78 is 0. The molecule has 0 fully saturated rings. The molecule has 2 N–H and O–H groups in total. The second-order valence-corrected chi connectivity index (χ2v) is 6.76. The lowest BCUT2D eigenvalue weighted by molar-refractivity contribution is -0.134. The number of nitrogens with one attached hydrogen (secondary N) is 2. The van der Waals surface area contributed by atoms with Gasteiger partial charge in [-0.15, -0.1) is 0 Å². The number of carbonyl (C=O) groups is 2. The smallest absolute Gasteiger partial charge is 0.242 e. The molecule has 0 bridgehead atoms. The molecule has 0 unspecified atom stereocenters. The van der Waals surface area contributed by atoms with Gasteiger partial charge in [0.1, 0.15) is 6.04 Å². The van der Waals surface area contributed by atoms with Crippen molar-refractivity contribution in [1.82, 2.24) is 15.5 Å². The predicted molar refractivity (Wildman–Crippen MR) is 87.0 cm³/mol. The highest BCUT2D eigenvalue weighted by molar-refractivity contribution is 5.89. The molecule has 0 radical (unpaired) electrons. The SMILES string of the molecule is CCN(CC)CCNC(=O)[C@@H](NC(=O)C(C)(C)C)C(C)C. The molecule has 21 heavy (non-hydrogen) atoms. The minimum absolute atomic E-state index is 0.0600. The van der Waals surface area contributed by atoms with Gasteiger partial charge in [-0.25, -0.2) is 0 Å². The van der Waals surface area contributed by atoms with Crippen LogP contribution in [-0.4, -0.2) is 48.9 Å². The van der Waals surface area contributed by atoms with Crippen LogP contribution < -0.4 is 10.6 Å². The zero-order valence-corrected chi connectivity index (χ0v) is 14.7. The average Bonchev–Trinajstić information content (AvgIpc) is 2.38. The number of carbonyl (C=O) groups excluding carboxylic acids is 2. The van der Waals surface area contributed by atoms with Gasteiger partial charge in [0.2, 0.25) is 11.8 Å². The first-order chi connectivity index (χ1) is 9.63. The lowest BCUT2D eigenvalue weighted by Gasteiger charge is -2.26. The number of amides is 2. The number of rotatable bonds is 8. The largest absolute Gasteiger partial charge is 0.353 e. The number of likely N-dealkylation sites (N-methyl/N-ethyl adjacent to an activating group) is 1. The molecule has 0 aromatic heterocycles. The summed E-state index contributed by atoms with van der Waals surface area (Å²) in [7, 11) is 0. The third-order valence-corrected chi connectivity index (χ3v) is 3.54. The predicted octanol–water partition coefficient (Wildman–Crippen LogP) is 1.63. The Labute approximate surface area is 129 Å². The van der Waals surface area contributed by atoms with Gasteiger partial charge in [0.05, 0.1) is 0 Å². The molecule has 124 valence electrons. The number of hydrogen-bond donors (Lipinski definition) is 2. The normalized spacial score (nSPS) is 13.4. The summed E-state index contributed by atoms with van der Waals surface area (Å²) in [6.45, 7) is 17.0. The maximum absolute atomic E-state index is 12.3. The van der Waals surface area contributed by atoms with Crippen molar-refractivity contribution < 1.29 is 9.59 Å². The van der Waals surface area contributed by atoms with Gasteiger partial charge in [-0.2, -0.15) is 0 Å². The van der Waals surface area contributed by atoms with Crippen LogP contribution in [0.2, 0.25) is 0 Å². The van der Waals surface area contributed by atoms with E-state index in [4.69, 9.17) is 0 Å². The number of hydrogen-bond acceptors (Lipinski definition) is 3. The van der Waals surface area contributed by atoms with Gasteiger partial charge in [-0.3, -0.25) is 9.59 Å². The lowest BCUT2D eigenvalue weighted by Crippen LogP contribution is -2.53. The zero-order chi connectivity index (χ0) is 16.6. The van der Waals surface area contributed by atoms with Gasteiger partial charge in [-0.05, 0) is 19.0 Å². The van der Waals surface area contributed by atoms with Crippen LogP contribution in [0.25, 0.3) is 0 Å². The standard InChI is InChI=1S/C16H33N3O2/c1-8-19(9-2)11-10-17-14(20)13(12(3)4)18-15(21)16(5,6)7/h12-13H,8-11H2,1-7H3,(H,17,20)(H,18,21)/t13-/m0/s1. The van der Waals surface area contributed by atoms with Crippen LogP contribution in [0.1, 0.15) is 48.5 Å². The van der Waals surface area contributed by atoms with Crippen LogP contribution in [0.15, 0.2) is 0 Å². The maximum Gasteiger partial charge on any atom is 0.242 e. The summed E-state index contributed by atoms with van der Waals surface area (Å²) in [6, 6.07) is -0.478. The summed E-state index contributed by atoms with van der Waals surface area (Å²) in [5.41, 5.74) is -0.491. The van der Waals surface area contributed by atoms with Gasteiger partial charge in [0.25, 0.3) is 0 Å². The van der Waals surface area contributed by atoms with Crippen molar-refractivity contribution >= 4 is 11.8 Å². The molecular weight excluding hydrogens is 266 g/mol. The minimum atomic E-state index is -0.491. The van der Waals surface area contributed by atoms with E-state index in [1.807, 2.05) is 34.6 Å². The van der Waals surface area contributed by atoms with E-state index in [-0.39, 0.29) is 17.7 Å². The average molecular weight is 299 g/mol. The van der Waals surface area contributed by atoms with Gasteiger partial charge in [0, 0.05) is 18.5 Å². The molecule has 0 heterocycles. The molecule has 0 rings (SSSR count). The number of nitrogens with zero attached hydrogens (tertiary/aromatic N) is 1. The van der Waals surface area contributed by atoms with Gasteiger partial charge >= 0.3 is 0 Å². The van der Waals surface area contributed by atoms with E-state index in [2.05, 4.69) is 29.4 Å². The third kappa shape index (κ3) is 7.46. The third-order valence-electron chi connectivity index (χ3n) is 3.54. The van der Waals surface area contributed by atoms with E-state index in [0.29, 0.717) is 6.54 Å². The van der Waals surface area contributed by atoms with Crippen LogP contribution >= 0.6 is 0 Å². The fraction of sp³-hybridized carbons (Fsp3) is 0.875. The molecule has 5 nitrogen and oxygen atoms in total. The van der Waals surface area contributed by atoms with E-state index in [9.17, 15) is 9.59 Å². The van der Waals surface area contributed by atoms with Crippen molar-refractivity contribution in [3.63, 3.8) is 0 Å². The highest BCUT2D eigenvalue weighted by Crippen LogP contribution is 2.14. The minimum Gasteiger partial charge on any atom is -0.353 e. The Bertz CT molecular complexity index is 331. The highest BCUT2D eigenvalue weighted by atomic mass is 16.2. The quantitative estimate of drug-likeness (QED) is 0.716. The summed E-state index contributed by atoms with van der Waals surface area (Å²) >= 11 is 0. The van der Waals surface area contributed by atoms with E-state index in [1.165, 1.54) is 0 Å². The summed E-state index contributed by atoms with van der Waals surface area (Å²) in [5.74, 6) is -0.139. The van der Waals surface area contributed by atoms with E-state index < -0.39 is 11.5 Å². The fourth-order valence-corrected chi connectivity index (χ4v) is 1.88. The van der Waals surface area contributed by atoms with Gasteiger partial charge < -0.3 is 15.5 Å². The van der Waals surface area contributed by atoms with Gasteiger partial charge in [-0.1, -0.05) is 48.5 Å². The van der Waals surface area contributed by atoms with E-state index >= 15 is 0 Å². The van der Waals surface area contributed by atoms with E-state index in [0.717, 1.165) is 19.6 Å². The second-order valence-electron chi connectivity index (χ2n) is 6.76.